The molecule has 1 aromatic heterocycles. The summed E-state index contributed by atoms with van der Waals surface area (Å²) < 4.78 is 13.4. The largest absolute Gasteiger partial charge is 0.493 e. The molecule has 0 spiro atoms. The Labute approximate surface area is 180 Å². The summed E-state index contributed by atoms with van der Waals surface area (Å²) >= 11 is 0. The summed E-state index contributed by atoms with van der Waals surface area (Å²) in [6.45, 7) is 10.3. The van der Waals surface area contributed by atoms with Crippen molar-refractivity contribution < 1.29 is 9.47 Å². The standard InChI is InChI=1S/C22H36N6O2/c1-5-27(6-2)15-16-30-20-10-9-19(17-21(20)29-4)18-25-22(23-3)24-11-7-13-28-14-8-12-26-28/h8-10,12,14,17H,5-7,11,13,15-16,18H2,1-4H3,(H2,23,24,25). The lowest BCUT2D eigenvalue weighted by Crippen LogP contribution is -2.37. The fourth-order valence-corrected chi connectivity index (χ4v) is 3.05. The van der Waals surface area contributed by atoms with Gasteiger partial charge in [0.1, 0.15) is 6.61 Å². The quantitative estimate of drug-likeness (QED) is 0.297. The van der Waals surface area contributed by atoms with Gasteiger partial charge in [0.05, 0.1) is 7.11 Å². The average Bonchev–Trinajstić information content (AvgIpc) is 3.30. The number of aliphatic imine (C=N–C) groups is 1. The predicted molar refractivity (Wildman–Crippen MR) is 121 cm³/mol. The minimum Gasteiger partial charge on any atom is -0.493 e. The van der Waals surface area contributed by atoms with E-state index in [-0.39, 0.29) is 0 Å². The molecular formula is C22H36N6O2. The van der Waals surface area contributed by atoms with Crippen LogP contribution < -0.4 is 20.1 Å². The number of nitrogens with zero attached hydrogens (tertiary/aromatic N) is 4. The van der Waals surface area contributed by atoms with E-state index >= 15 is 0 Å². The zero-order valence-electron chi connectivity index (χ0n) is 18.7. The molecule has 0 radical (unpaired) electrons. The van der Waals surface area contributed by atoms with Crippen LogP contribution in [0.25, 0.3) is 0 Å². The summed E-state index contributed by atoms with van der Waals surface area (Å²) in [5, 5.41) is 10.9. The zero-order chi connectivity index (χ0) is 21.6. The van der Waals surface area contributed by atoms with Crippen LogP contribution in [-0.4, -0.2) is 67.6 Å². The first-order chi connectivity index (χ1) is 14.7. The number of aromatic nitrogens is 2. The summed E-state index contributed by atoms with van der Waals surface area (Å²) in [5.41, 5.74) is 1.10. The van der Waals surface area contributed by atoms with Crippen LogP contribution in [0.4, 0.5) is 0 Å². The van der Waals surface area contributed by atoms with E-state index in [0.29, 0.717) is 13.2 Å². The molecule has 1 heterocycles. The van der Waals surface area contributed by atoms with Crippen molar-refractivity contribution in [1.82, 2.24) is 25.3 Å². The van der Waals surface area contributed by atoms with Gasteiger partial charge in [-0.2, -0.15) is 5.10 Å². The maximum Gasteiger partial charge on any atom is 0.191 e. The average molecular weight is 417 g/mol. The van der Waals surface area contributed by atoms with Gasteiger partial charge in [-0.1, -0.05) is 19.9 Å². The molecule has 2 aromatic rings. The van der Waals surface area contributed by atoms with Crippen LogP contribution in [0.1, 0.15) is 25.8 Å². The fraction of sp³-hybridized carbons (Fsp3) is 0.545. The molecule has 1 aromatic carbocycles. The van der Waals surface area contributed by atoms with Crippen LogP contribution in [0.15, 0.2) is 41.7 Å². The first-order valence-corrected chi connectivity index (χ1v) is 10.6. The second-order valence-corrected chi connectivity index (χ2v) is 6.84. The molecule has 0 unspecified atom stereocenters. The first-order valence-electron chi connectivity index (χ1n) is 10.6. The molecule has 2 rings (SSSR count). The van der Waals surface area contributed by atoms with Gasteiger partial charge in [0, 0.05) is 45.6 Å². The predicted octanol–water partition coefficient (Wildman–Crippen LogP) is 2.37. The van der Waals surface area contributed by atoms with Crippen LogP contribution >= 0.6 is 0 Å². The number of nitrogens with one attached hydrogen (secondary N) is 2. The first kappa shape index (κ1) is 23.5. The van der Waals surface area contributed by atoms with Gasteiger partial charge in [-0.15, -0.1) is 0 Å². The van der Waals surface area contributed by atoms with Crippen molar-refractivity contribution in [3.05, 3.63) is 42.2 Å². The van der Waals surface area contributed by atoms with Gasteiger partial charge in [-0.3, -0.25) is 9.67 Å². The van der Waals surface area contributed by atoms with Gasteiger partial charge in [-0.25, -0.2) is 0 Å². The van der Waals surface area contributed by atoms with E-state index in [2.05, 4.69) is 39.5 Å². The highest BCUT2D eigenvalue weighted by Gasteiger charge is 2.08. The Morgan fingerprint density at radius 3 is 2.70 bits per heavy atom. The van der Waals surface area contributed by atoms with Crippen molar-refractivity contribution in [2.45, 2.75) is 33.4 Å². The van der Waals surface area contributed by atoms with Gasteiger partial charge in [-0.05, 0) is 43.3 Å². The van der Waals surface area contributed by atoms with E-state index in [1.807, 2.05) is 35.1 Å². The Hall–Kier alpha value is -2.74. The van der Waals surface area contributed by atoms with E-state index in [0.717, 1.165) is 62.2 Å². The van der Waals surface area contributed by atoms with E-state index < -0.39 is 0 Å². The Bertz CT molecular complexity index is 744. The van der Waals surface area contributed by atoms with Gasteiger partial charge >= 0.3 is 0 Å². The number of hydrogen-bond acceptors (Lipinski definition) is 5. The third-order valence-corrected chi connectivity index (χ3v) is 4.89. The summed E-state index contributed by atoms with van der Waals surface area (Å²) in [5.74, 6) is 2.29. The van der Waals surface area contributed by atoms with Crippen molar-refractivity contribution in [3.63, 3.8) is 0 Å². The lowest BCUT2D eigenvalue weighted by atomic mass is 10.2. The van der Waals surface area contributed by atoms with E-state index in [4.69, 9.17) is 9.47 Å². The number of benzene rings is 1. The normalized spacial score (nSPS) is 11.6. The lowest BCUT2D eigenvalue weighted by molar-refractivity contribution is 0.217. The van der Waals surface area contributed by atoms with Crippen molar-refractivity contribution in [2.24, 2.45) is 4.99 Å². The molecule has 0 fully saturated rings. The highest BCUT2D eigenvalue weighted by atomic mass is 16.5. The molecule has 0 bridgehead atoms. The molecule has 0 saturated carbocycles. The molecule has 166 valence electrons. The second-order valence-electron chi connectivity index (χ2n) is 6.84. The summed E-state index contributed by atoms with van der Waals surface area (Å²) in [7, 11) is 3.44. The highest BCUT2D eigenvalue weighted by molar-refractivity contribution is 5.79. The molecule has 0 saturated heterocycles. The molecule has 0 atom stereocenters. The molecule has 0 aliphatic carbocycles. The van der Waals surface area contributed by atoms with Crippen LogP contribution in [0.2, 0.25) is 0 Å². The minimum atomic E-state index is 0.644. The molecule has 8 nitrogen and oxygen atoms in total. The Balaban J connectivity index is 1.77. The summed E-state index contributed by atoms with van der Waals surface area (Å²) in [4.78, 5) is 6.61. The third-order valence-electron chi connectivity index (χ3n) is 4.89. The van der Waals surface area contributed by atoms with Crippen molar-refractivity contribution in [3.8, 4) is 11.5 Å². The van der Waals surface area contributed by atoms with Gasteiger partial charge in [0.25, 0.3) is 0 Å². The topological polar surface area (TPSA) is 75.9 Å². The number of hydrogen-bond donors (Lipinski definition) is 2. The highest BCUT2D eigenvalue weighted by Crippen LogP contribution is 2.28. The molecule has 0 aliphatic rings. The Morgan fingerprint density at radius 1 is 1.20 bits per heavy atom. The van der Waals surface area contributed by atoms with Crippen molar-refractivity contribution in [2.75, 3.05) is 46.9 Å². The van der Waals surface area contributed by atoms with Gasteiger partial charge in [0.15, 0.2) is 17.5 Å². The molecule has 8 heteroatoms. The minimum absolute atomic E-state index is 0.644. The molecule has 30 heavy (non-hydrogen) atoms. The van der Waals surface area contributed by atoms with Crippen LogP contribution in [0.5, 0.6) is 11.5 Å². The number of methoxy groups -OCH3 is 1. The summed E-state index contributed by atoms with van der Waals surface area (Å²) in [6.07, 6.45) is 4.73. The SMILES string of the molecule is CCN(CC)CCOc1ccc(CNC(=NC)NCCCn2cccn2)cc1OC. The Kier molecular flexibility index (Phi) is 10.6. The monoisotopic (exact) mass is 416 g/mol. The molecule has 2 N–H and O–H groups in total. The number of aryl methyl sites for hydroxylation is 1. The zero-order valence-corrected chi connectivity index (χ0v) is 18.7. The molecular weight excluding hydrogens is 380 g/mol. The second kappa shape index (κ2) is 13.5. The smallest absolute Gasteiger partial charge is 0.191 e. The number of ether oxygens (including phenoxy) is 2. The number of guanidine groups is 1. The number of likely N-dealkylation sites (N-methyl/N-ethyl adjacent to an activating group) is 1. The molecule has 0 amide bonds. The van der Waals surface area contributed by atoms with E-state index in [1.54, 1.807) is 20.4 Å². The Morgan fingerprint density at radius 2 is 2.03 bits per heavy atom. The maximum atomic E-state index is 5.93. The van der Waals surface area contributed by atoms with Crippen LogP contribution in [0, 0.1) is 0 Å². The van der Waals surface area contributed by atoms with Crippen molar-refractivity contribution in [1.29, 1.82) is 0 Å². The lowest BCUT2D eigenvalue weighted by Gasteiger charge is -2.19. The fourth-order valence-electron chi connectivity index (χ4n) is 3.05. The van der Waals surface area contributed by atoms with E-state index in [9.17, 15) is 0 Å². The van der Waals surface area contributed by atoms with Gasteiger partial charge in [0.2, 0.25) is 0 Å². The maximum absolute atomic E-state index is 5.93. The number of rotatable bonds is 13. The van der Waals surface area contributed by atoms with Crippen LogP contribution in [0.3, 0.4) is 0 Å². The summed E-state index contributed by atoms with van der Waals surface area (Å²) in [6, 6.07) is 7.96. The van der Waals surface area contributed by atoms with Gasteiger partial charge < -0.3 is 25.0 Å². The molecule has 0 aliphatic heterocycles. The third kappa shape index (κ3) is 7.94. The van der Waals surface area contributed by atoms with Crippen LogP contribution in [-0.2, 0) is 13.1 Å². The van der Waals surface area contributed by atoms with Crippen molar-refractivity contribution >= 4 is 5.96 Å². The van der Waals surface area contributed by atoms with E-state index in [1.165, 1.54) is 0 Å².